The van der Waals surface area contributed by atoms with Crippen molar-refractivity contribution < 1.29 is 4.79 Å². The highest BCUT2D eigenvalue weighted by atomic mass is 79.9. The summed E-state index contributed by atoms with van der Waals surface area (Å²) in [5, 5.41) is 4.35. The molecule has 1 fully saturated rings. The molecule has 1 aliphatic rings. The summed E-state index contributed by atoms with van der Waals surface area (Å²) < 4.78 is 0.982. The number of likely N-dealkylation sites (tertiary alicyclic amines) is 1. The predicted molar refractivity (Wildman–Crippen MR) is 116 cm³/mol. The fourth-order valence-electron chi connectivity index (χ4n) is 3.37. The number of aromatic nitrogens is 1. The number of halogens is 3. The number of nitrogens with zero attached hydrogens (tertiary/aromatic N) is 2. The lowest BCUT2D eigenvalue weighted by Gasteiger charge is -2.32. The summed E-state index contributed by atoms with van der Waals surface area (Å²) in [6.45, 7) is 7.83. The van der Waals surface area contributed by atoms with Crippen molar-refractivity contribution in [1.82, 2.24) is 15.2 Å². The van der Waals surface area contributed by atoms with E-state index in [2.05, 4.69) is 33.2 Å². The number of carbonyl (C=O) groups excluding carboxylic acids is 1. The third-order valence-corrected chi connectivity index (χ3v) is 5.21. The van der Waals surface area contributed by atoms with Crippen LogP contribution in [-0.4, -0.2) is 42.0 Å². The van der Waals surface area contributed by atoms with Crippen LogP contribution in [0.15, 0.2) is 28.7 Å². The molecule has 7 heteroatoms. The first kappa shape index (κ1) is 23.2. The van der Waals surface area contributed by atoms with Crippen molar-refractivity contribution in [3.63, 3.8) is 0 Å². The van der Waals surface area contributed by atoms with Gasteiger partial charge in [-0.2, -0.15) is 0 Å². The Morgan fingerprint density at radius 3 is 2.62 bits per heavy atom. The topological polar surface area (TPSA) is 45.2 Å². The smallest absolute Gasteiger partial charge is 0.254 e. The number of benzene rings is 1. The van der Waals surface area contributed by atoms with Gasteiger partial charge in [-0.05, 0) is 57.0 Å². The van der Waals surface area contributed by atoms with E-state index >= 15 is 0 Å². The third kappa shape index (κ3) is 5.32. The molecular weight excluding hydrogens is 437 g/mol. The SMILES string of the molecule is CCNCC1CCN(C(=O)c2cc(C)nc3cc(Br)ccc23)CC1.Cl.Cl. The molecule has 0 radical (unpaired) electrons. The van der Waals surface area contributed by atoms with Crippen molar-refractivity contribution >= 4 is 57.6 Å². The van der Waals surface area contributed by atoms with Gasteiger partial charge in [0.05, 0.1) is 11.1 Å². The Morgan fingerprint density at radius 1 is 1.27 bits per heavy atom. The summed E-state index contributed by atoms with van der Waals surface area (Å²) >= 11 is 3.48. The zero-order valence-corrected chi connectivity index (χ0v) is 18.3. The highest BCUT2D eigenvalue weighted by molar-refractivity contribution is 9.10. The summed E-state index contributed by atoms with van der Waals surface area (Å²) in [5.41, 5.74) is 2.52. The molecular formula is C19H26BrCl2N3O. The van der Waals surface area contributed by atoms with Crippen molar-refractivity contribution in [3.8, 4) is 0 Å². The van der Waals surface area contributed by atoms with E-state index in [1.807, 2.05) is 36.1 Å². The lowest BCUT2D eigenvalue weighted by Crippen LogP contribution is -2.40. The number of hydrogen-bond donors (Lipinski definition) is 1. The summed E-state index contributed by atoms with van der Waals surface area (Å²) in [6.07, 6.45) is 2.15. The largest absolute Gasteiger partial charge is 0.339 e. The predicted octanol–water partition coefficient (Wildman–Crippen LogP) is 4.61. The average molecular weight is 463 g/mol. The van der Waals surface area contributed by atoms with E-state index in [-0.39, 0.29) is 30.7 Å². The number of carbonyl (C=O) groups is 1. The summed E-state index contributed by atoms with van der Waals surface area (Å²) in [4.78, 5) is 19.6. The molecule has 0 atom stereocenters. The first-order chi connectivity index (χ1) is 11.6. The molecule has 0 unspecified atom stereocenters. The highest BCUT2D eigenvalue weighted by Crippen LogP contribution is 2.25. The second kappa shape index (κ2) is 10.5. The van der Waals surface area contributed by atoms with Gasteiger partial charge in [-0.25, -0.2) is 0 Å². The van der Waals surface area contributed by atoms with Crippen LogP contribution >= 0.6 is 40.7 Å². The molecule has 1 aliphatic heterocycles. The molecule has 1 saturated heterocycles. The lowest BCUT2D eigenvalue weighted by atomic mass is 9.96. The molecule has 0 saturated carbocycles. The lowest BCUT2D eigenvalue weighted by molar-refractivity contribution is 0.0692. The van der Waals surface area contributed by atoms with Gasteiger partial charge in [0.2, 0.25) is 0 Å². The first-order valence-corrected chi connectivity index (χ1v) is 9.44. The maximum Gasteiger partial charge on any atom is 0.254 e. The van der Waals surface area contributed by atoms with Crippen LogP contribution in [0, 0.1) is 12.8 Å². The van der Waals surface area contributed by atoms with Gasteiger partial charge in [-0.1, -0.05) is 28.9 Å². The number of aryl methyl sites for hydroxylation is 1. The Morgan fingerprint density at radius 2 is 1.96 bits per heavy atom. The van der Waals surface area contributed by atoms with Crippen LogP contribution in [0.5, 0.6) is 0 Å². The maximum absolute atomic E-state index is 13.0. The summed E-state index contributed by atoms with van der Waals surface area (Å²) in [5.74, 6) is 0.815. The van der Waals surface area contributed by atoms with Crippen molar-refractivity contribution in [3.05, 3.63) is 40.0 Å². The first-order valence-electron chi connectivity index (χ1n) is 8.65. The van der Waals surface area contributed by atoms with E-state index in [0.717, 1.165) is 65.7 Å². The van der Waals surface area contributed by atoms with Crippen LogP contribution in [0.1, 0.15) is 35.8 Å². The van der Waals surface area contributed by atoms with Crippen LogP contribution in [-0.2, 0) is 0 Å². The number of nitrogens with one attached hydrogen (secondary N) is 1. The quantitative estimate of drug-likeness (QED) is 0.721. The molecule has 1 amide bonds. The van der Waals surface area contributed by atoms with E-state index < -0.39 is 0 Å². The monoisotopic (exact) mass is 461 g/mol. The van der Waals surface area contributed by atoms with Crippen LogP contribution in [0.2, 0.25) is 0 Å². The van der Waals surface area contributed by atoms with Gasteiger partial charge in [-0.3, -0.25) is 9.78 Å². The van der Waals surface area contributed by atoms with E-state index in [0.29, 0.717) is 5.92 Å². The molecule has 0 aliphatic carbocycles. The number of amides is 1. The van der Waals surface area contributed by atoms with Gasteiger partial charge in [0.25, 0.3) is 5.91 Å². The maximum atomic E-state index is 13.0. The Labute approximate surface area is 176 Å². The Kier molecular flexibility index (Phi) is 9.31. The standard InChI is InChI=1S/C19H24BrN3O.2ClH/c1-3-21-12-14-6-8-23(9-7-14)19(24)17-10-13(2)22-18-11-15(20)4-5-16(17)18;;/h4-5,10-11,14,21H,3,6-9,12H2,1-2H3;2*1H. The minimum absolute atomic E-state index is 0. The molecule has 1 aromatic heterocycles. The van der Waals surface area contributed by atoms with Crippen molar-refractivity contribution in [2.24, 2.45) is 5.92 Å². The van der Waals surface area contributed by atoms with Crippen LogP contribution in [0.4, 0.5) is 0 Å². The van der Waals surface area contributed by atoms with Gasteiger partial charge < -0.3 is 10.2 Å². The molecule has 0 spiro atoms. The second-order valence-corrected chi connectivity index (χ2v) is 7.43. The molecule has 2 heterocycles. The molecule has 0 bridgehead atoms. The van der Waals surface area contributed by atoms with Gasteiger partial charge in [0.1, 0.15) is 0 Å². The Bertz CT molecular complexity index is 744. The fraction of sp³-hybridized carbons (Fsp3) is 0.474. The number of piperidine rings is 1. The zero-order chi connectivity index (χ0) is 17.1. The van der Waals surface area contributed by atoms with Crippen LogP contribution < -0.4 is 5.32 Å². The van der Waals surface area contributed by atoms with Crippen LogP contribution in [0.25, 0.3) is 10.9 Å². The van der Waals surface area contributed by atoms with Crippen molar-refractivity contribution in [2.75, 3.05) is 26.2 Å². The van der Waals surface area contributed by atoms with Gasteiger partial charge in [0.15, 0.2) is 0 Å². The van der Waals surface area contributed by atoms with Crippen molar-refractivity contribution in [1.29, 1.82) is 0 Å². The number of pyridine rings is 1. The van der Waals surface area contributed by atoms with E-state index in [1.165, 1.54) is 0 Å². The highest BCUT2D eigenvalue weighted by Gasteiger charge is 2.24. The minimum Gasteiger partial charge on any atom is -0.339 e. The van der Waals surface area contributed by atoms with Gasteiger partial charge in [0, 0.05) is 28.6 Å². The number of hydrogen-bond acceptors (Lipinski definition) is 3. The van der Waals surface area contributed by atoms with Crippen molar-refractivity contribution in [2.45, 2.75) is 26.7 Å². The summed E-state index contributed by atoms with van der Waals surface area (Å²) in [7, 11) is 0. The fourth-order valence-corrected chi connectivity index (χ4v) is 3.72. The molecule has 26 heavy (non-hydrogen) atoms. The molecule has 144 valence electrons. The van der Waals surface area contributed by atoms with E-state index in [9.17, 15) is 4.79 Å². The van der Waals surface area contributed by atoms with Gasteiger partial charge in [-0.15, -0.1) is 24.8 Å². The second-order valence-electron chi connectivity index (χ2n) is 6.52. The Balaban J connectivity index is 0.00000169. The molecule has 4 nitrogen and oxygen atoms in total. The number of fused-ring (bicyclic) bond motifs is 1. The minimum atomic E-state index is 0. The third-order valence-electron chi connectivity index (χ3n) is 4.72. The van der Waals surface area contributed by atoms with E-state index in [4.69, 9.17) is 0 Å². The molecule has 1 aromatic carbocycles. The van der Waals surface area contributed by atoms with Crippen LogP contribution in [0.3, 0.4) is 0 Å². The van der Waals surface area contributed by atoms with Gasteiger partial charge >= 0.3 is 0 Å². The normalized spacial score (nSPS) is 14.7. The Hall–Kier alpha value is -0.880. The molecule has 2 aromatic rings. The zero-order valence-electron chi connectivity index (χ0n) is 15.1. The summed E-state index contributed by atoms with van der Waals surface area (Å²) in [6, 6.07) is 7.85. The number of rotatable bonds is 4. The van der Waals surface area contributed by atoms with E-state index in [1.54, 1.807) is 0 Å². The molecule has 3 rings (SSSR count). The molecule has 1 N–H and O–H groups in total. The average Bonchev–Trinajstić information content (AvgIpc) is 2.58.